The van der Waals surface area contributed by atoms with E-state index >= 15 is 0 Å². The lowest BCUT2D eigenvalue weighted by Gasteiger charge is -2.18. The van der Waals surface area contributed by atoms with E-state index in [4.69, 9.17) is 10.00 Å². The summed E-state index contributed by atoms with van der Waals surface area (Å²) in [5, 5.41) is 25.7. The number of rotatable bonds is 6. The van der Waals surface area contributed by atoms with Gasteiger partial charge < -0.3 is 10.1 Å². The summed E-state index contributed by atoms with van der Waals surface area (Å²) in [6.45, 7) is 4.09. The van der Waals surface area contributed by atoms with Crippen LogP contribution >= 0.6 is 0 Å². The molecule has 0 spiro atoms. The fourth-order valence-electron chi connectivity index (χ4n) is 1.87. The molecule has 104 valence electrons. The number of nitrogens with zero attached hydrogens (tertiary/aromatic N) is 4. The number of tetrazole rings is 1. The summed E-state index contributed by atoms with van der Waals surface area (Å²) < 4.78 is 5.22. The van der Waals surface area contributed by atoms with Gasteiger partial charge in [-0.25, -0.2) is 0 Å². The van der Waals surface area contributed by atoms with E-state index in [1.165, 1.54) is 0 Å². The lowest BCUT2D eigenvalue weighted by atomic mass is 10.1. The predicted molar refractivity (Wildman–Crippen MR) is 71.7 cm³/mol. The highest BCUT2D eigenvalue weighted by Gasteiger charge is 2.14. The van der Waals surface area contributed by atoms with Crippen LogP contribution in [0, 0.1) is 11.3 Å². The standard InChI is InChI=1S/C13H16N6O/c1-9(15-10(2)13-16-18-19-17-13)11-3-5-12(6-4-11)20-8-7-14/h3-6,9-10,15H,8H2,1-2H3,(H,16,17,18,19). The molecular weight excluding hydrogens is 256 g/mol. The van der Waals surface area contributed by atoms with Gasteiger partial charge in [0.2, 0.25) is 0 Å². The van der Waals surface area contributed by atoms with Crippen LogP contribution in [0.1, 0.15) is 37.3 Å². The molecule has 0 bridgehead atoms. The Labute approximate surface area is 117 Å². The first-order valence-electron chi connectivity index (χ1n) is 6.30. The molecule has 0 aliphatic carbocycles. The van der Waals surface area contributed by atoms with Gasteiger partial charge in [0, 0.05) is 6.04 Å². The minimum absolute atomic E-state index is 0.00161. The zero-order valence-electron chi connectivity index (χ0n) is 11.4. The molecule has 7 nitrogen and oxygen atoms in total. The lowest BCUT2D eigenvalue weighted by Crippen LogP contribution is -2.23. The van der Waals surface area contributed by atoms with Gasteiger partial charge in [-0.05, 0) is 31.5 Å². The molecule has 1 heterocycles. The first-order chi connectivity index (χ1) is 9.70. The molecule has 1 aromatic carbocycles. The van der Waals surface area contributed by atoms with Crippen LogP contribution in [0.5, 0.6) is 5.75 Å². The van der Waals surface area contributed by atoms with Crippen LogP contribution in [0.15, 0.2) is 24.3 Å². The number of aromatic nitrogens is 4. The molecule has 0 aliphatic rings. The third-order valence-corrected chi connectivity index (χ3v) is 2.93. The van der Waals surface area contributed by atoms with Gasteiger partial charge in [0.25, 0.3) is 0 Å². The van der Waals surface area contributed by atoms with Gasteiger partial charge in [0.05, 0.1) is 6.04 Å². The van der Waals surface area contributed by atoms with E-state index in [1.807, 2.05) is 37.3 Å². The number of nitrogens with one attached hydrogen (secondary N) is 2. The summed E-state index contributed by atoms with van der Waals surface area (Å²) in [5.41, 5.74) is 1.12. The molecule has 2 atom stereocenters. The minimum atomic E-state index is -0.00161. The second-order valence-electron chi connectivity index (χ2n) is 4.40. The van der Waals surface area contributed by atoms with Gasteiger partial charge in [-0.3, -0.25) is 0 Å². The lowest BCUT2D eigenvalue weighted by molar-refractivity contribution is 0.368. The van der Waals surface area contributed by atoms with Crippen LogP contribution in [0.4, 0.5) is 0 Å². The van der Waals surface area contributed by atoms with Crippen molar-refractivity contribution in [3.8, 4) is 11.8 Å². The SMILES string of the molecule is CC(NC(C)c1nn[nH]n1)c1ccc(OCC#N)cc1. The van der Waals surface area contributed by atoms with E-state index in [0.717, 1.165) is 5.56 Å². The fourth-order valence-corrected chi connectivity index (χ4v) is 1.87. The van der Waals surface area contributed by atoms with Gasteiger partial charge in [0.1, 0.15) is 11.8 Å². The van der Waals surface area contributed by atoms with Gasteiger partial charge in [-0.2, -0.15) is 10.5 Å². The van der Waals surface area contributed by atoms with Crippen LogP contribution in [-0.2, 0) is 0 Å². The Morgan fingerprint density at radius 3 is 2.65 bits per heavy atom. The number of benzene rings is 1. The Balaban J connectivity index is 1.95. The van der Waals surface area contributed by atoms with Crippen LogP contribution in [0.2, 0.25) is 0 Å². The van der Waals surface area contributed by atoms with Gasteiger partial charge >= 0.3 is 0 Å². The number of ether oxygens (including phenoxy) is 1. The molecule has 0 aliphatic heterocycles. The third kappa shape index (κ3) is 3.52. The highest BCUT2D eigenvalue weighted by Crippen LogP contribution is 2.20. The Hall–Kier alpha value is -2.46. The molecule has 2 N–H and O–H groups in total. The Morgan fingerprint density at radius 2 is 2.05 bits per heavy atom. The van der Waals surface area contributed by atoms with E-state index in [-0.39, 0.29) is 18.7 Å². The van der Waals surface area contributed by atoms with Crippen molar-refractivity contribution in [2.45, 2.75) is 25.9 Å². The molecule has 2 aromatic rings. The van der Waals surface area contributed by atoms with E-state index in [1.54, 1.807) is 0 Å². The molecule has 7 heteroatoms. The zero-order valence-corrected chi connectivity index (χ0v) is 11.4. The second kappa shape index (κ2) is 6.63. The summed E-state index contributed by atoms with van der Waals surface area (Å²) >= 11 is 0. The molecular formula is C13H16N6O. The number of nitriles is 1. The summed E-state index contributed by atoms with van der Waals surface area (Å²) in [7, 11) is 0. The maximum absolute atomic E-state index is 8.46. The van der Waals surface area contributed by atoms with Crippen LogP contribution in [-0.4, -0.2) is 27.2 Å². The van der Waals surface area contributed by atoms with Crippen molar-refractivity contribution in [1.82, 2.24) is 25.9 Å². The van der Waals surface area contributed by atoms with Crippen LogP contribution in [0.25, 0.3) is 0 Å². The monoisotopic (exact) mass is 272 g/mol. The van der Waals surface area contributed by atoms with E-state index in [2.05, 4.69) is 32.9 Å². The average molecular weight is 272 g/mol. The summed E-state index contributed by atoms with van der Waals surface area (Å²) in [6.07, 6.45) is 0. The molecule has 0 radical (unpaired) electrons. The maximum atomic E-state index is 8.46. The van der Waals surface area contributed by atoms with Crippen molar-refractivity contribution in [1.29, 1.82) is 5.26 Å². The zero-order chi connectivity index (χ0) is 14.4. The fraction of sp³-hybridized carbons (Fsp3) is 0.385. The summed E-state index contributed by atoms with van der Waals surface area (Å²) in [4.78, 5) is 0. The largest absolute Gasteiger partial charge is 0.479 e. The van der Waals surface area contributed by atoms with Gasteiger partial charge in [-0.1, -0.05) is 17.3 Å². The molecule has 2 unspecified atom stereocenters. The first-order valence-corrected chi connectivity index (χ1v) is 6.30. The number of hydrogen-bond donors (Lipinski definition) is 2. The average Bonchev–Trinajstić information content (AvgIpc) is 3.00. The van der Waals surface area contributed by atoms with Crippen molar-refractivity contribution in [2.24, 2.45) is 0 Å². The van der Waals surface area contributed by atoms with Crippen molar-refractivity contribution >= 4 is 0 Å². The highest BCUT2D eigenvalue weighted by atomic mass is 16.5. The van der Waals surface area contributed by atoms with E-state index in [9.17, 15) is 0 Å². The molecule has 1 aromatic heterocycles. The van der Waals surface area contributed by atoms with E-state index < -0.39 is 0 Å². The number of hydrogen-bond acceptors (Lipinski definition) is 6. The predicted octanol–water partition coefficient (Wildman–Crippen LogP) is 1.51. The minimum Gasteiger partial charge on any atom is -0.479 e. The van der Waals surface area contributed by atoms with Crippen molar-refractivity contribution < 1.29 is 4.74 Å². The Bertz CT molecular complexity index is 560. The van der Waals surface area contributed by atoms with Crippen LogP contribution < -0.4 is 10.1 Å². The molecule has 0 amide bonds. The topological polar surface area (TPSA) is 99.5 Å². The number of H-pyrrole nitrogens is 1. The van der Waals surface area contributed by atoms with Gasteiger partial charge in [0.15, 0.2) is 12.4 Å². The summed E-state index contributed by atoms with van der Waals surface area (Å²) in [5.74, 6) is 1.32. The molecule has 2 rings (SSSR count). The molecule has 0 saturated heterocycles. The normalized spacial score (nSPS) is 13.4. The quantitative estimate of drug-likeness (QED) is 0.827. The molecule has 0 saturated carbocycles. The molecule has 20 heavy (non-hydrogen) atoms. The molecule has 0 fully saturated rings. The second-order valence-corrected chi connectivity index (χ2v) is 4.40. The van der Waals surface area contributed by atoms with Crippen molar-refractivity contribution in [3.05, 3.63) is 35.7 Å². The van der Waals surface area contributed by atoms with Crippen molar-refractivity contribution in [2.75, 3.05) is 6.61 Å². The Morgan fingerprint density at radius 1 is 1.30 bits per heavy atom. The highest BCUT2D eigenvalue weighted by molar-refractivity contribution is 5.29. The van der Waals surface area contributed by atoms with E-state index in [0.29, 0.717) is 11.6 Å². The first kappa shape index (κ1) is 14.0. The smallest absolute Gasteiger partial charge is 0.191 e. The Kier molecular flexibility index (Phi) is 4.63. The van der Waals surface area contributed by atoms with Gasteiger partial charge in [-0.15, -0.1) is 10.2 Å². The number of aromatic amines is 1. The van der Waals surface area contributed by atoms with Crippen molar-refractivity contribution in [3.63, 3.8) is 0 Å². The van der Waals surface area contributed by atoms with Crippen LogP contribution in [0.3, 0.4) is 0 Å². The third-order valence-electron chi connectivity index (χ3n) is 2.93. The maximum Gasteiger partial charge on any atom is 0.191 e. The summed E-state index contributed by atoms with van der Waals surface area (Å²) in [6, 6.07) is 9.70.